The molecule has 1 heterocycles. The van der Waals surface area contributed by atoms with Crippen molar-refractivity contribution in [3.05, 3.63) is 0 Å². The highest BCUT2D eigenvalue weighted by Gasteiger charge is 2.40. The van der Waals surface area contributed by atoms with Crippen LogP contribution in [0.4, 0.5) is 0 Å². The quantitative estimate of drug-likeness (QED) is 0.531. The first kappa shape index (κ1) is 11.4. The van der Waals surface area contributed by atoms with Gasteiger partial charge in [-0.2, -0.15) is 0 Å². The molecule has 0 aromatic carbocycles. The van der Waals surface area contributed by atoms with Gasteiger partial charge in [-0.25, -0.2) is 0 Å². The third-order valence-electron chi connectivity index (χ3n) is 3.91. The lowest BCUT2D eigenvalue weighted by atomic mass is 9.91. The van der Waals surface area contributed by atoms with Crippen molar-refractivity contribution in [2.24, 2.45) is 0 Å². The van der Waals surface area contributed by atoms with Gasteiger partial charge in [-0.15, -0.1) is 0 Å². The lowest BCUT2D eigenvalue weighted by Crippen LogP contribution is -2.47. The summed E-state index contributed by atoms with van der Waals surface area (Å²) in [5.74, 6) is 0.348. The average molecular weight is 274 g/mol. The van der Waals surface area contributed by atoms with E-state index in [2.05, 4.69) is 27.8 Å². The number of hydrogen-bond donors (Lipinski definition) is 0. The van der Waals surface area contributed by atoms with E-state index in [0.29, 0.717) is 17.2 Å². The predicted octanol–water partition coefficient (Wildman–Crippen LogP) is 3.10. The Balaban J connectivity index is 2.09. The average Bonchev–Trinajstić information content (AvgIpc) is 2.40. The maximum Gasteiger partial charge on any atom is 0.224 e. The van der Waals surface area contributed by atoms with Gasteiger partial charge in [-0.1, -0.05) is 41.6 Å². The van der Waals surface area contributed by atoms with Crippen LogP contribution in [0.3, 0.4) is 0 Å². The molecule has 0 spiro atoms. The maximum absolute atomic E-state index is 11.9. The lowest BCUT2D eigenvalue weighted by Gasteiger charge is -2.38. The zero-order valence-electron chi connectivity index (χ0n) is 9.47. The molecule has 2 aliphatic rings. The first-order valence-electron chi connectivity index (χ1n) is 6.06. The number of alkyl halides is 1. The van der Waals surface area contributed by atoms with Gasteiger partial charge in [0, 0.05) is 23.3 Å². The largest absolute Gasteiger partial charge is 0.336 e. The van der Waals surface area contributed by atoms with Crippen LogP contribution < -0.4 is 0 Å². The Morgan fingerprint density at radius 1 is 1.27 bits per heavy atom. The van der Waals surface area contributed by atoms with Crippen LogP contribution in [-0.4, -0.2) is 27.7 Å². The molecule has 1 aliphatic carbocycles. The van der Waals surface area contributed by atoms with Crippen LogP contribution >= 0.6 is 15.9 Å². The van der Waals surface area contributed by atoms with Crippen LogP contribution in [0.25, 0.3) is 0 Å². The van der Waals surface area contributed by atoms with E-state index in [1.807, 2.05) is 0 Å². The Hall–Kier alpha value is -0.0500. The van der Waals surface area contributed by atoms with Crippen molar-refractivity contribution in [2.75, 3.05) is 6.54 Å². The van der Waals surface area contributed by atoms with Gasteiger partial charge < -0.3 is 4.90 Å². The van der Waals surface area contributed by atoms with Crippen molar-refractivity contribution in [1.82, 2.24) is 4.90 Å². The molecule has 1 atom stereocenters. The molecule has 0 N–H and O–H groups in total. The Bertz CT molecular complexity index is 246. The summed E-state index contributed by atoms with van der Waals surface area (Å²) in [6.07, 6.45) is 8.33. The Morgan fingerprint density at radius 2 is 1.87 bits per heavy atom. The SMILES string of the molecule is CC1(N2CC(Br)CC2=O)CCCCCC1. The Morgan fingerprint density at radius 3 is 2.33 bits per heavy atom. The smallest absolute Gasteiger partial charge is 0.224 e. The van der Waals surface area contributed by atoms with E-state index in [4.69, 9.17) is 0 Å². The molecule has 1 unspecified atom stereocenters. The zero-order chi connectivity index (χ0) is 10.9. The summed E-state index contributed by atoms with van der Waals surface area (Å²) in [6.45, 7) is 3.19. The lowest BCUT2D eigenvalue weighted by molar-refractivity contribution is -0.133. The second kappa shape index (κ2) is 4.44. The first-order valence-corrected chi connectivity index (χ1v) is 6.98. The van der Waals surface area contributed by atoms with Crippen LogP contribution in [-0.2, 0) is 4.79 Å². The molecule has 0 aromatic heterocycles. The molecule has 0 bridgehead atoms. The molecule has 2 rings (SSSR count). The third kappa shape index (κ3) is 2.38. The van der Waals surface area contributed by atoms with Gasteiger partial charge in [0.1, 0.15) is 0 Å². The predicted molar refractivity (Wildman–Crippen MR) is 65.2 cm³/mol. The molecule has 1 saturated carbocycles. The molecule has 1 saturated heterocycles. The third-order valence-corrected chi connectivity index (χ3v) is 4.52. The topological polar surface area (TPSA) is 20.3 Å². The molecule has 3 heteroatoms. The minimum absolute atomic E-state index is 0.149. The van der Waals surface area contributed by atoms with Crippen LogP contribution in [0, 0.1) is 0 Å². The van der Waals surface area contributed by atoms with E-state index in [-0.39, 0.29) is 5.54 Å². The minimum Gasteiger partial charge on any atom is -0.336 e. The van der Waals surface area contributed by atoms with Crippen molar-refractivity contribution in [3.8, 4) is 0 Å². The van der Waals surface area contributed by atoms with E-state index in [9.17, 15) is 4.79 Å². The molecule has 2 nitrogen and oxygen atoms in total. The molecule has 0 aromatic rings. The van der Waals surface area contributed by atoms with Crippen LogP contribution in [0.2, 0.25) is 0 Å². The number of hydrogen-bond acceptors (Lipinski definition) is 1. The van der Waals surface area contributed by atoms with Gasteiger partial charge in [0.2, 0.25) is 5.91 Å². The zero-order valence-corrected chi connectivity index (χ0v) is 11.1. The van der Waals surface area contributed by atoms with E-state index < -0.39 is 0 Å². The van der Waals surface area contributed by atoms with Crippen molar-refractivity contribution in [2.45, 2.75) is 62.2 Å². The number of likely N-dealkylation sites (tertiary alicyclic amines) is 1. The van der Waals surface area contributed by atoms with E-state index in [1.54, 1.807) is 0 Å². The highest BCUT2D eigenvalue weighted by molar-refractivity contribution is 9.09. The highest BCUT2D eigenvalue weighted by Crippen LogP contribution is 2.36. The number of amides is 1. The van der Waals surface area contributed by atoms with Crippen LogP contribution in [0.1, 0.15) is 51.9 Å². The Kier molecular flexibility index (Phi) is 3.39. The van der Waals surface area contributed by atoms with Crippen LogP contribution in [0.15, 0.2) is 0 Å². The van der Waals surface area contributed by atoms with Gasteiger partial charge in [0.25, 0.3) is 0 Å². The monoisotopic (exact) mass is 273 g/mol. The van der Waals surface area contributed by atoms with Gasteiger partial charge >= 0.3 is 0 Å². The van der Waals surface area contributed by atoms with Crippen molar-refractivity contribution >= 4 is 21.8 Å². The number of rotatable bonds is 1. The molecule has 1 aliphatic heterocycles. The van der Waals surface area contributed by atoms with Crippen LogP contribution in [0.5, 0.6) is 0 Å². The second-order valence-corrected chi connectivity index (χ2v) is 6.51. The normalized spacial score (nSPS) is 31.7. The molecular weight excluding hydrogens is 254 g/mol. The van der Waals surface area contributed by atoms with E-state index in [1.165, 1.54) is 38.5 Å². The summed E-state index contributed by atoms with van der Waals surface area (Å²) in [5.41, 5.74) is 0.149. The fourth-order valence-corrected chi connectivity index (χ4v) is 3.51. The van der Waals surface area contributed by atoms with Gasteiger partial charge in [-0.05, 0) is 19.8 Å². The fourth-order valence-electron chi connectivity index (χ4n) is 2.95. The maximum atomic E-state index is 11.9. The van der Waals surface area contributed by atoms with Crippen molar-refractivity contribution in [1.29, 1.82) is 0 Å². The highest BCUT2D eigenvalue weighted by atomic mass is 79.9. The standard InChI is InChI=1S/C12H20BrNO/c1-12(6-4-2-3-5-7-12)14-9-10(13)8-11(14)15/h10H,2-9H2,1H3. The molecular formula is C12H20BrNO. The molecule has 1 amide bonds. The van der Waals surface area contributed by atoms with E-state index >= 15 is 0 Å². The second-order valence-electron chi connectivity index (χ2n) is 5.22. The molecule has 86 valence electrons. The summed E-state index contributed by atoms with van der Waals surface area (Å²) >= 11 is 3.57. The fraction of sp³-hybridized carbons (Fsp3) is 0.917. The minimum atomic E-state index is 0.149. The van der Waals surface area contributed by atoms with Crippen molar-refractivity contribution < 1.29 is 4.79 Å². The summed E-state index contributed by atoms with van der Waals surface area (Å²) in [6, 6.07) is 0. The number of nitrogens with zero attached hydrogens (tertiary/aromatic N) is 1. The van der Waals surface area contributed by atoms with E-state index in [0.717, 1.165) is 6.54 Å². The first-order chi connectivity index (χ1) is 7.12. The molecule has 0 radical (unpaired) electrons. The summed E-state index contributed by atoms with van der Waals surface area (Å²) in [5, 5.41) is 0. The summed E-state index contributed by atoms with van der Waals surface area (Å²) < 4.78 is 0. The summed E-state index contributed by atoms with van der Waals surface area (Å²) in [4.78, 5) is 14.4. The number of carbonyl (C=O) groups is 1. The van der Waals surface area contributed by atoms with Gasteiger partial charge in [-0.3, -0.25) is 4.79 Å². The van der Waals surface area contributed by atoms with Gasteiger partial charge in [0.05, 0.1) is 0 Å². The van der Waals surface area contributed by atoms with Gasteiger partial charge in [0.15, 0.2) is 0 Å². The molecule has 15 heavy (non-hydrogen) atoms. The van der Waals surface area contributed by atoms with Crippen molar-refractivity contribution in [3.63, 3.8) is 0 Å². The Labute approximate surface area is 101 Å². The summed E-state index contributed by atoms with van der Waals surface area (Å²) in [7, 11) is 0. The number of carbonyl (C=O) groups excluding carboxylic acids is 1. The number of halogens is 1. The molecule has 2 fully saturated rings.